The third kappa shape index (κ3) is 3.97. The maximum atomic E-state index is 12.5. The minimum atomic E-state index is -0.483. The number of primary amides is 1. The normalized spacial score (nSPS) is 12.1. The van der Waals surface area contributed by atoms with Gasteiger partial charge in [-0.05, 0) is 48.7 Å². The Morgan fingerprint density at radius 1 is 1.14 bits per heavy atom. The first kappa shape index (κ1) is 15.8. The molecule has 0 aliphatic rings. The summed E-state index contributed by atoms with van der Waals surface area (Å²) in [6.07, 6.45) is 4.53. The van der Waals surface area contributed by atoms with Crippen molar-refractivity contribution in [3.8, 4) is 0 Å². The van der Waals surface area contributed by atoms with Crippen molar-refractivity contribution < 1.29 is 9.59 Å². The lowest BCUT2D eigenvalue weighted by Gasteiger charge is -2.20. The fraction of sp³-hybridized carbons (Fsp3) is 0.294. The molecule has 2 rings (SSSR count). The molecule has 116 valence electrons. The van der Waals surface area contributed by atoms with Gasteiger partial charge in [0, 0.05) is 23.6 Å². The predicted molar refractivity (Wildman–Crippen MR) is 86.5 cm³/mol. The number of hydrogen-bond donors (Lipinski definition) is 2. The third-order valence-electron chi connectivity index (χ3n) is 3.42. The summed E-state index contributed by atoms with van der Waals surface area (Å²) in [4.78, 5) is 23.6. The van der Waals surface area contributed by atoms with Gasteiger partial charge < -0.3 is 15.6 Å². The Balaban J connectivity index is 2.12. The number of nitrogens with zero attached hydrogens (tertiary/aromatic N) is 1. The van der Waals surface area contributed by atoms with E-state index < -0.39 is 5.91 Å². The molecule has 0 saturated heterocycles. The summed E-state index contributed by atoms with van der Waals surface area (Å²) in [5.41, 5.74) is 6.27. The van der Waals surface area contributed by atoms with Gasteiger partial charge in [0.1, 0.15) is 6.04 Å². The molecule has 0 aliphatic carbocycles. The van der Waals surface area contributed by atoms with Crippen LogP contribution < -0.4 is 11.1 Å². The summed E-state index contributed by atoms with van der Waals surface area (Å²) in [5, 5.41) is 2.89. The molecule has 2 aromatic rings. The van der Waals surface area contributed by atoms with Crippen LogP contribution >= 0.6 is 0 Å². The van der Waals surface area contributed by atoms with Crippen LogP contribution in [0.25, 0.3) is 0 Å². The van der Waals surface area contributed by atoms with Crippen LogP contribution in [-0.4, -0.2) is 16.4 Å². The summed E-state index contributed by atoms with van der Waals surface area (Å²) in [5.74, 6) is -0.157. The van der Waals surface area contributed by atoms with Gasteiger partial charge in [-0.25, -0.2) is 0 Å². The average Bonchev–Trinajstić information content (AvgIpc) is 2.99. The van der Waals surface area contributed by atoms with Crippen LogP contribution in [0.15, 0.2) is 48.8 Å². The van der Waals surface area contributed by atoms with Gasteiger partial charge in [0.2, 0.25) is 11.8 Å². The van der Waals surface area contributed by atoms with Crippen molar-refractivity contribution in [2.45, 2.75) is 26.3 Å². The molecule has 5 heteroatoms. The number of nitrogens with two attached hydrogens (primary N) is 1. The van der Waals surface area contributed by atoms with Crippen molar-refractivity contribution in [1.82, 2.24) is 4.57 Å². The molecule has 0 spiro atoms. The Kier molecular flexibility index (Phi) is 4.99. The second-order valence-corrected chi connectivity index (χ2v) is 5.71. The third-order valence-corrected chi connectivity index (χ3v) is 3.42. The summed E-state index contributed by atoms with van der Waals surface area (Å²) in [7, 11) is 0. The smallest absolute Gasteiger partial charge is 0.248 e. The van der Waals surface area contributed by atoms with Crippen molar-refractivity contribution >= 4 is 17.5 Å². The van der Waals surface area contributed by atoms with Gasteiger partial charge in [0.05, 0.1) is 0 Å². The highest BCUT2D eigenvalue weighted by atomic mass is 16.2. The van der Waals surface area contributed by atoms with Gasteiger partial charge in [-0.1, -0.05) is 13.8 Å². The highest BCUT2D eigenvalue weighted by molar-refractivity contribution is 5.96. The number of amides is 2. The summed E-state index contributed by atoms with van der Waals surface area (Å²) < 4.78 is 1.91. The van der Waals surface area contributed by atoms with Crippen LogP contribution in [0.5, 0.6) is 0 Å². The first-order chi connectivity index (χ1) is 10.5. The number of carbonyl (C=O) groups excluding carboxylic acids is 2. The maximum absolute atomic E-state index is 12.5. The van der Waals surface area contributed by atoms with E-state index in [1.807, 2.05) is 29.1 Å². The van der Waals surface area contributed by atoms with Gasteiger partial charge in [-0.2, -0.15) is 0 Å². The monoisotopic (exact) mass is 299 g/mol. The van der Waals surface area contributed by atoms with Crippen molar-refractivity contribution in [2.75, 3.05) is 5.32 Å². The zero-order valence-corrected chi connectivity index (χ0v) is 12.8. The van der Waals surface area contributed by atoms with Crippen LogP contribution in [0.2, 0.25) is 0 Å². The average molecular weight is 299 g/mol. The lowest BCUT2D eigenvalue weighted by atomic mass is 10.0. The number of hydrogen-bond acceptors (Lipinski definition) is 2. The lowest BCUT2D eigenvalue weighted by Crippen LogP contribution is -2.26. The molecule has 1 heterocycles. The topological polar surface area (TPSA) is 77.1 Å². The molecule has 5 nitrogen and oxygen atoms in total. The standard InChI is InChI=1S/C17H21N3O2/c1-12(2)11-15(20-9-3-4-10-20)17(22)19-14-7-5-13(6-8-14)16(18)21/h3-10,12,15H,11H2,1-2H3,(H2,18,21)(H,19,22). The molecule has 1 atom stereocenters. The molecule has 0 radical (unpaired) electrons. The number of nitrogens with one attached hydrogen (secondary N) is 1. The van der Waals surface area contributed by atoms with Crippen molar-refractivity contribution in [2.24, 2.45) is 11.7 Å². The van der Waals surface area contributed by atoms with Gasteiger partial charge in [0.25, 0.3) is 0 Å². The molecule has 0 aliphatic heterocycles. The number of anilines is 1. The van der Waals surface area contributed by atoms with Crippen molar-refractivity contribution in [1.29, 1.82) is 0 Å². The van der Waals surface area contributed by atoms with E-state index in [1.165, 1.54) is 0 Å². The Bertz CT molecular complexity index is 630. The zero-order valence-electron chi connectivity index (χ0n) is 12.8. The first-order valence-electron chi connectivity index (χ1n) is 7.30. The van der Waals surface area contributed by atoms with E-state index in [4.69, 9.17) is 5.73 Å². The van der Waals surface area contributed by atoms with E-state index in [0.717, 1.165) is 6.42 Å². The quantitative estimate of drug-likeness (QED) is 0.860. The Labute approximate surface area is 130 Å². The first-order valence-corrected chi connectivity index (χ1v) is 7.30. The summed E-state index contributed by atoms with van der Waals surface area (Å²) in [6.45, 7) is 4.18. The van der Waals surface area contributed by atoms with Crippen LogP contribution in [0.4, 0.5) is 5.69 Å². The molecule has 1 unspecified atom stereocenters. The van der Waals surface area contributed by atoms with E-state index in [1.54, 1.807) is 24.3 Å². The van der Waals surface area contributed by atoms with Crippen LogP contribution in [-0.2, 0) is 4.79 Å². The SMILES string of the molecule is CC(C)CC(C(=O)Nc1ccc(C(N)=O)cc1)n1cccc1. The van der Waals surface area contributed by atoms with Crippen LogP contribution in [0, 0.1) is 5.92 Å². The second-order valence-electron chi connectivity index (χ2n) is 5.71. The largest absolute Gasteiger partial charge is 0.366 e. The van der Waals surface area contributed by atoms with E-state index in [2.05, 4.69) is 19.2 Å². The highest BCUT2D eigenvalue weighted by Crippen LogP contribution is 2.20. The summed E-state index contributed by atoms with van der Waals surface area (Å²) in [6, 6.07) is 10.1. The van der Waals surface area contributed by atoms with E-state index >= 15 is 0 Å². The van der Waals surface area contributed by atoms with Crippen molar-refractivity contribution in [3.63, 3.8) is 0 Å². The highest BCUT2D eigenvalue weighted by Gasteiger charge is 2.21. The van der Waals surface area contributed by atoms with Gasteiger partial charge in [-0.3, -0.25) is 9.59 Å². The van der Waals surface area contributed by atoms with Gasteiger partial charge >= 0.3 is 0 Å². The molecule has 0 bridgehead atoms. The Morgan fingerprint density at radius 2 is 1.73 bits per heavy atom. The lowest BCUT2D eigenvalue weighted by molar-refractivity contribution is -0.119. The minimum Gasteiger partial charge on any atom is -0.366 e. The van der Waals surface area contributed by atoms with E-state index in [-0.39, 0.29) is 11.9 Å². The maximum Gasteiger partial charge on any atom is 0.248 e. The summed E-state index contributed by atoms with van der Waals surface area (Å²) >= 11 is 0. The molecule has 0 fully saturated rings. The van der Waals surface area contributed by atoms with Gasteiger partial charge in [-0.15, -0.1) is 0 Å². The van der Waals surface area contributed by atoms with Crippen LogP contribution in [0.1, 0.15) is 36.7 Å². The van der Waals surface area contributed by atoms with Gasteiger partial charge in [0.15, 0.2) is 0 Å². The molecular formula is C17H21N3O2. The molecule has 1 aromatic heterocycles. The fourth-order valence-corrected chi connectivity index (χ4v) is 2.31. The number of rotatable bonds is 6. The predicted octanol–water partition coefficient (Wildman–Crippen LogP) is 2.81. The Hall–Kier alpha value is -2.56. The number of benzene rings is 1. The van der Waals surface area contributed by atoms with E-state index in [0.29, 0.717) is 17.2 Å². The zero-order chi connectivity index (χ0) is 16.1. The van der Waals surface area contributed by atoms with E-state index in [9.17, 15) is 9.59 Å². The molecule has 2 amide bonds. The van der Waals surface area contributed by atoms with Crippen LogP contribution in [0.3, 0.4) is 0 Å². The van der Waals surface area contributed by atoms with Crippen molar-refractivity contribution in [3.05, 3.63) is 54.4 Å². The second kappa shape index (κ2) is 6.93. The molecule has 1 aromatic carbocycles. The Morgan fingerprint density at radius 3 is 2.23 bits per heavy atom. The molecule has 0 saturated carbocycles. The molecular weight excluding hydrogens is 278 g/mol. The number of aromatic nitrogens is 1. The molecule has 3 N–H and O–H groups in total. The molecule has 22 heavy (non-hydrogen) atoms. The fourth-order valence-electron chi connectivity index (χ4n) is 2.31. The number of carbonyl (C=O) groups is 2. The minimum absolute atomic E-state index is 0.0725.